The summed E-state index contributed by atoms with van der Waals surface area (Å²) in [4.78, 5) is 26.4. The topological polar surface area (TPSA) is 52.6 Å². The number of para-hydroxylation sites is 2. The summed E-state index contributed by atoms with van der Waals surface area (Å²) in [7, 11) is 3.84. The maximum atomic E-state index is 11.8. The molecule has 1 N–H and O–H groups in total. The van der Waals surface area contributed by atoms with Crippen molar-refractivity contribution in [3.63, 3.8) is 0 Å². The Morgan fingerprint density at radius 1 is 1.24 bits per heavy atom. The highest BCUT2D eigenvalue weighted by atomic mass is 16.2. The fourth-order valence-electron chi connectivity index (χ4n) is 1.86. The molecule has 90 valence electrons. The highest BCUT2D eigenvalue weighted by Crippen LogP contribution is 2.28. The van der Waals surface area contributed by atoms with E-state index in [4.69, 9.17) is 0 Å². The van der Waals surface area contributed by atoms with Crippen molar-refractivity contribution < 1.29 is 9.59 Å². The standard InChI is InChI=1S/C12H15N3O2/c1-14(2)9-5-3-4-6-10(9)15-8-7-11(16)13-12(15)17/h3-6H,7-8H2,1-2H3,(H,13,16,17). The lowest BCUT2D eigenvalue weighted by Gasteiger charge is -2.30. The normalized spacial score (nSPS) is 15.8. The Hall–Kier alpha value is -2.04. The number of amides is 3. The van der Waals surface area contributed by atoms with Crippen LogP contribution in [-0.2, 0) is 4.79 Å². The first-order chi connectivity index (χ1) is 8.09. The molecule has 17 heavy (non-hydrogen) atoms. The third-order valence-electron chi connectivity index (χ3n) is 2.71. The van der Waals surface area contributed by atoms with Gasteiger partial charge in [0.2, 0.25) is 5.91 Å². The Kier molecular flexibility index (Phi) is 2.99. The minimum Gasteiger partial charge on any atom is -0.376 e. The Bertz CT molecular complexity index is 457. The van der Waals surface area contributed by atoms with Crippen molar-refractivity contribution in [3.8, 4) is 0 Å². The molecule has 5 nitrogen and oxygen atoms in total. The molecule has 1 aliphatic heterocycles. The molecule has 0 unspecified atom stereocenters. The van der Waals surface area contributed by atoms with Crippen LogP contribution in [-0.4, -0.2) is 32.6 Å². The van der Waals surface area contributed by atoms with Gasteiger partial charge in [-0.1, -0.05) is 12.1 Å². The largest absolute Gasteiger partial charge is 0.376 e. The van der Waals surface area contributed by atoms with E-state index >= 15 is 0 Å². The summed E-state index contributed by atoms with van der Waals surface area (Å²) < 4.78 is 0. The zero-order valence-corrected chi connectivity index (χ0v) is 9.93. The molecule has 1 aliphatic rings. The van der Waals surface area contributed by atoms with Crippen LogP contribution in [0.2, 0.25) is 0 Å². The Morgan fingerprint density at radius 3 is 2.59 bits per heavy atom. The van der Waals surface area contributed by atoms with Gasteiger partial charge in [0.05, 0.1) is 11.4 Å². The van der Waals surface area contributed by atoms with Crippen molar-refractivity contribution in [3.05, 3.63) is 24.3 Å². The number of benzene rings is 1. The van der Waals surface area contributed by atoms with E-state index < -0.39 is 0 Å². The molecule has 0 saturated carbocycles. The van der Waals surface area contributed by atoms with Crippen LogP contribution in [0.4, 0.5) is 16.2 Å². The predicted molar refractivity (Wildman–Crippen MR) is 66.3 cm³/mol. The van der Waals surface area contributed by atoms with E-state index in [1.807, 2.05) is 43.3 Å². The third kappa shape index (κ3) is 2.22. The van der Waals surface area contributed by atoms with E-state index in [9.17, 15) is 9.59 Å². The van der Waals surface area contributed by atoms with Gasteiger partial charge in [-0.15, -0.1) is 0 Å². The zero-order chi connectivity index (χ0) is 12.4. The van der Waals surface area contributed by atoms with Crippen LogP contribution in [0.15, 0.2) is 24.3 Å². The van der Waals surface area contributed by atoms with Crippen LogP contribution in [0.5, 0.6) is 0 Å². The summed E-state index contributed by atoms with van der Waals surface area (Å²) in [6.45, 7) is 0.426. The summed E-state index contributed by atoms with van der Waals surface area (Å²) in [6.07, 6.45) is 0.341. The summed E-state index contributed by atoms with van der Waals surface area (Å²) in [6, 6.07) is 7.28. The Balaban J connectivity index is 2.34. The van der Waals surface area contributed by atoms with Crippen LogP contribution in [0, 0.1) is 0 Å². The van der Waals surface area contributed by atoms with Gasteiger partial charge in [0.25, 0.3) is 0 Å². The fourth-order valence-corrected chi connectivity index (χ4v) is 1.86. The average molecular weight is 233 g/mol. The molecule has 1 aromatic rings. The lowest BCUT2D eigenvalue weighted by Crippen LogP contribution is -2.49. The number of imide groups is 1. The number of carbonyl (C=O) groups excluding carboxylic acids is 2. The van der Waals surface area contributed by atoms with Crippen LogP contribution in [0.25, 0.3) is 0 Å². The first-order valence-corrected chi connectivity index (χ1v) is 5.47. The highest BCUT2D eigenvalue weighted by molar-refractivity contribution is 6.07. The molecule has 0 atom stereocenters. The number of rotatable bonds is 2. The number of anilines is 2. The smallest absolute Gasteiger partial charge is 0.328 e. The Labute approximate surface area is 100 Å². The maximum absolute atomic E-state index is 11.8. The van der Waals surface area contributed by atoms with Gasteiger partial charge in [-0.25, -0.2) is 4.79 Å². The van der Waals surface area contributed by atoms with Crippen molar-refractivity contribution >= 4 is 23.3 Å². The summed E-state index contributed by atoms with van der Waals surface area (Å²) in [5, 5.41) is 2.32. The number of nitrogens with one attached hydrogen (secondary N) is 1. The monoisotopic (exact) mass is 233 g/mol. The van der Waals surface area contributed by atoms with E-state index in [0.717, 1.165) is 11.4 Å². The van der Waals surface area contributed by atoms with E-state index in [1.54, 1.807) is 4.90 Å². The van der Waals surface area contributed by atoms with E-state index in [2.05, 4.69) is 5.32 Å². The van der Waals surface area contributed by atoms with Gasteiger partial charge in [0.15, 0.2) is 0 Å². The first kappa shape index (κ1) is 11.4. The SMILES string of the molecule is CN(C)c1ccccc1N1CCC(=O)NC1=O. The summed E-state index contributed by atoms with van der Waals surface area (Å²) in [5.74, 6) is -0.214. The van der Waals surface area contributed by atoms with E-state index in [0.29, 0.717) is 13.0 Å². The molecule has 2 rings (SSSR count). The molecule has 0 bridgehead atoms. The molecule has 0 spiro atoms. The Morgan fingerprint density at radius 2 is 1.94 bits per heavy atom. The summed E-state index contributed by atoms with van der Waals surface area (Å²) >= 11 is 0. The second-order valence-corrected chi connectivity index (χ2v) is 4.14. The maximum Gasteiger partial charge on any atom is 0.328 e. The third-order valence-corrected chi connectivity index (χ3v) is 2.71. The average Bonchev–Trinajstić information content (AvgIpc) is 2.29. The van der Waals surface area contributed by atoms with Gasteiger partial charge in [-0.05, 0) is 12.1 Å². The first-order valence-electron chi connectivity index (χ1n) is 5.47. The molecular formula is C12H15N3O2. The molecule has 0 aliphatic carbocycles. The minimum absolute atomic E-state index is 0.214. The van der Waals surface area contributed by atoms with Crippen molar-refractivity contribution in [2.24, 2.45) is 0 Å². The zero-order valence-electron chi connectivity index (χ0n) is 9.93. The molecular weight excluding hydrogens is 218 g/mol. The molecule has 5 heteroatoms. The molecule has 1 heterocycles. The number of hydrogen-bond donors (Lipinski definition) is 1. The van der Waals surface area contributed by atoms with Crippen LogP contribution in [0.1, 0.15) is 6.42 Å². The molecule has 1 aromatic carbocycles. The number of nitrogens with zero attached hydrogens (tertiary/aromatic N) is 2. The number of hydrogen-bond acceptors (Lipinski definition) is 3. The molecule has 1 fully saturated rings. The van der Waals surface area contributed by atoms with E-state index in [-0.39, 0.29) is 11.9 Å². The minimum atomic E-state index is -0.351. The molecule has 0 radical (unpaired) electrons. The molecule has 1 saturated heterocycles. The molecule has 0 aromatic heterocycles. The van der Waals surface area contributed by atoms with Gasteiger partial charge >= 0.3 is 6.03 Å². The van der Waals surface area contributed by atoms with Gasteiger partial charge in [-0.3, -0.25) is 15.0 Å². The van der Waals surface area contributed by atoms with Crippen molar-refractivity contribution in [1.82, 2.24) is 5.32 Å². The summed E-state index contributed by atoms with van der Waals surface area (Å²) in [5.41, 5.74) is 1.78. The van der Waals surface area contributed by atoms with Crippen LogP contribution < -0.4 is 15.1 Å². The van der Waals surface area contributed by atoms with Gasteiger partial charge in [0, 0.05) is 27.1 Å². The van der Waals surface area contributed by atoms with E-state index in [1.165, 1.54) is 0 Å². The second kappa shape index (κ2) is 4.45. The van der Waals surface area contributed by atoms with Crippen LogP contribution >= 0.6 is 0 Å². The number of urea groups is 1. The van der Waals surface area contributed by atoms with Crippen LogP contribution in [0.3, 0.4) is 0 Å². The predicted octanol–water partition coefficient (Wildman–Crippen LogP) is 1.20. The fraction of sp³-hybridized carbons (Fsp3) is 0.333. The lowest BCUT2D eigenvalue weighted by atomic mass is 10.2. The van der Waals surface area contributed by atoms with Crippen molar-refractivity contribution in [2.75, 3.05) is 30.4 Å². The molecule has 3 amide bonds. The highest BCUT2D eigenvalue weighted by Gasteiger charge is 2.25. The van der Waals surface area contributed by atoms with Gasteiger partial charge in [0.1, 0.15) is 0 Å². The van der Waals surface area contributed by atoms with Gasteiger partial charge < -0.3 is 4.90 Å². The second-order valence-electron chi connectivity index (χ2n) is 4.14. The van der Waals surface area contributed by atoms with Gasteiger partial charge in [-0.2, -0.15) is 0 Å². The van der Waals surface area contributed by atoms with Crippen molar-refractivity contribution in [1.29, 1.82) is 0 Å². The van der Waals surface area contributed by atoms with Crippen molar-refractivity contribution in [2.45, 2.75) is 6.42 Å². The quantitative estimate of drug-likeness (QED) is 0.835. The number of carbonyl (C=O) groups is 2. The lowest BCUT2D eigenvalue weighted by molar-refractivity contribution is -0.120.